The number of carbonyl (C=O) groups excluding carboxylic acids is 1. The van der Waals surface area contributed by atoms with Crippen molar-refractivity contribution >= 4 is 34.8 Å². The van der Waals surface area contributed by atoms with Crippen LogP contribution in [0.4, 0.5) is 5.69 Å². The number of H-pyrrole nitrogens is 1. The van der Waals surface area contributed by atoms with Gasteiger partial charge in [-0.1, -0.05) is 18.6 Å². The molecule has 38 heavy (non-hydrogen) atoms. The third-order valence-electron chi connectivity index (χ3n) is 7.40. The van der Waals surface area contributed by atoms with Gasteiger partial charge in [0.15, 0.2) is 5.69 Å². The van der Waals surface area contributed by atoms with Gasteiger partial charge in [-0.2, -0.15) is 5.10 Å². The van der Waals surface area contributed by atoms with Gasteiger partial charge in [0.2, 0.25) is 0 Å². The van der Waals surface area contributed by atoms with Crippen molar-refractivity contribution in [1.29, 1.82) is 0 Å². The Hall–Kier alpha value is -3.62. The van der Waals surface area contributed by atoms with Crippen LogP contribution in [0.3, 0.4) is 0 Å². The second kappa shape index (κ2) is 12.3. The zero-order valence-corrected chi connectivity index (χ0v) is 22.2. The fourth-order valence-electron chi connectivity index (χ4n) is 5.44. The van der Waals surface area contributed by atoms with Gasteiger partial charge in [-0.3, -0.25) is 29.7 Å². The van der Waals surface area contributed by atoms with Crippen molar-refractivity contribution in [3.8, 4) is 0 Å². The topological polar surface area (TPSA) is 89.5 Å². The summed E-state index contributed by atoms with van der Waals surface area (Å²) in [5.41, 5.74) is 6.24. The SMILES string of the molecule is C=N/C=C(\C=C(/C)c1ccc2[nH]nc(C(=O)Nc3cncc(CN4CCCC4)c3)c2c1)CN1CCCCC1. The van der Waals surface area contributed by atoms with Crippen LogP contribution in [0.15, 0.2) is 59.5 Å². The summed E-state index contributed by atoms with van der Waals surface area (Å²) in [6.07, 6.45) is 13.9. The molecule has 2 N–H and O–H groups in total. The lowest BCUT2D eigenvalue weighted by Crippen LogP contribution is -2.31. The van der Waals surface area contributed by atoms with E-state index in [-0.39, 0.29) is 5.91 Å². The molecule has 3 aromatic rings. The zero-order chi connectivity index (χ0) is 26.3. The van der Waals surface area contributed by atoms with Gasteiger partial charge in [0.1, 0.15) is 0 Å². The Morgan fingerprint density at radius 3 is 2.63 bits per heavy atom. The molecule has 0 atom stereocenters. The summed E-state index contributed by atoms with van der Waals surface area (Å²) in [5, 5.41) is 11.1. The average Bonchev–Trinajstić information content (AvgIpc) is 3.59. The van der Waals surface area contributed by atoms with Crippen molar-refractivity contribution in [3.63, 3.8) is 0 Å². The van der Waals surface area contributed by atoms with E-state index >= 15 is 0 Å². The molecular weight excluding hydrogens is 474 g/mol. The standard InChI is InChI=1S/C30H37N7O/c1-22(14-23(17-31-2)20-36-10-4-3-5-11-36)25-8-9-28-27(16-25)29(35-34-28)30(38)33-26-15-24(18-32-19-26)21-37-12-6-7-13-37/h8-9,14-19H,2-7,10-13,20-21H2,1H3,(H,33,38)(H,34,35)/b22-14+,23-17+. The predicted molar refractivity (Wildman–Crippen MR) is 154 cm³/mol. The molecule has 4 heterocycles. The molecule has 0 aliphatic carbocycles. The molecule has 8 heteroatoms. The first-order valence-corrected chi connectivity index (χ1v) is 13.6. The van der Waals surface area contributed by atoms with Crippen LogP contribution < -0.4 is 5.32 Å². The molecular formula is C30H37N7O. The summed E-state index contributed by atoms with van der Waals surface area (Å²) >= 11 is 0. The summed E-state index contributed by atoms with van der Waals surface area (Å²) < 4.78 is 0. The second-order valence-corrected chi connectivity index (χ2v) is 10.4. The summed E-state index contributed by atoms with van der Waals surface area (Å²) in [4.78, 5) is 26.5. The number of anilines is 1. The van der Waals surface area contributed by atoms with E-state index in [1.807, 2.05) is 30.6 Å². The number of pyridine rings is 1. The molecule has 0 unspecified atom stereocenters. The molecule has 0 spiro atoms. The molecule has 2 saturated heterocycles. The zero-order valence-electron chi connectivity index (χ0n) is 22.2. The van der Waals surface area contributed by atoms with Crippen molar-refractivity contribution in [3.05, 3.63) is 71.3 Å². The normalized spacial score (nSPS) is 17.7. The number of piperidine rings is 1. The van der Waals surface area contributed by atoms with Crippen molar-refractivity contribution < 1.29 is 4.79 Å². The van der Waals surface area contributed by atoms with Gasteiger partial charge in [0.25, 0.3) is 5.91 Å². The third-order valence-corrected chi connectivity index (χ3v) is 7.40. The number of nitrogens with zero attached hydrogens (tertiary/aromatic N) is 5. The number of hydrogen-bond donors (Lipinski definition) is 2. The second-order valence-electron chi connectivity index (χ2n) is 10.4. The van der Waals surface area contributed by atoms with Crippen LogP contribution in [0.5, 0.6) is 0 Å². The highest BCUT2D eigenvalue weighted by atomic mass is 16.1. The molecule has 198 valence electrons. The molecule has 0 saturated carbocycles. The van der Waals surface area contributed by atoms with Crippen molar-refractivity contribution in [2.45, 2.75) is 45.6 Å². The first kappa shape index (κ1) is 26.0. The summed E-state index contributed by atoms with van der Waals surface area (Å²) in [7, 11) is 0. The molecule has 2 aliphatic heterocycles. The van der Waals surface area contributed by atoms with E-state index in [0.717, 1.165) is 72.4 Å². The van der Waals surface area contributed by atoms with E-state index in [4.69, 9.17) is 0 Å². The largest absolute Gasteiger partial charge is 0.319 e. The van der Waals surface area contributed by atoms with Gasteiger partial charge in [-0.25, -0.2) is 0 Å². The Labute approximate surface area is 224 Å². The summed E-state index contributed by atoms with van der Waals surface area (Å²) in [5.74, 6) is -0.253. The monoisotopic (exact) mass is 511 g/mol. The lowest BCUT2D eigenvalue weighted by Gasteiger charge is -2.26. The minimum Gasteiger partial charge on any atom is -0.319 e. The van der Waals surface area contributed by atoms with Crippen LogP contribution in [-0.2, 0) is 6.54 Å². The maximum absolute atomic E-state index is 13.2. The predicted octanol–water partition coefficient (Wildman–Crippen LogP) is 5.28. The smallest absolute Gasteiger partial charge is 0.276 e. The van der Waals surface area contributed by atoms with Crippen LogP contribution in [0.2, 0.25) is 0 Å². The van der Waals surface area contributed by atoms with Crippen molar-refractivity contribution in [2.24, 2.45) is 4.99 Å². The number of benzene rings is 1. The molecule has 2 fully saturated rings. The maximum atomic E-state index is 13.2. The Balaban J connectivity index is 1.32. The summed E-state index contributed by atoms with van der Waals surface area (Å²) in [6.45, 7) is 12.0. The third kappa shape index (κ3) is 6.44. The van der Waals surface area contributed by atoms with E-state index in [0.29, 0.717) is 11.4 Å². The molecule has 1 amide bonds. The molecule has 1 aromatic carbocycles. The Morgan fingerprint density at radius 2 is 1.84 bits per heavy atom. The van der Waals surface area contributed by atoms with Crippen LogP contribution >= 0.6 is 0 Å². The fraction of sp³-hybridized carbons (Fsp3) is 0.400. The first-order chi connectivity index (χ1) is 18.6. The van der Waals surface area contributed by atoms with Gasteiger partial charge < -0.3 is 5.32 Å². The molecule has 5 rings (SSSR count). The number of aromatic amines is 1. The minimum absolute atomic E-state index is 0.253. The maximum Gasteiger partial charge on any atom is 0.276 e. The minimum atomic E-state index is -0.253. The quantitative estimate of drug-likeness (QED) is 0.301. The number of carbonyl (C=O) groups is 1. The molecule has 8 nitrogen and oxygen atoms in total. The van der Waals surface area contributed by atoms with Gasteiger partial charge in [0, 0.05) is 30.9 Å². The van der Waals surface area contributed by atoms with E-state index < -0.39 is 0 Å². The van der Waals surface area contributed by atoms with Crippen LogP contribution in [0.1, 0.15) is 60.6 Å². The number of amides is 1. The highest BCUT2D eigenvalue weighted by Crippen LogP contribution is 2.25. The van der Waals surface area contributed by atoms with Gasteiger partial charge in [-0.05, 0) is 106 Å². The van der Waals surface area contributed by atoms with E-state index in [1.54, 1.807) is 6.20 Å². The first-order valence-electron chi connectivity index (χ1n) is 13.6. The van der Waals surface area contributed by atoms with Crippen LogP contribution in [0, 0.1) is 0 Å². The molecule has 0 radical (unpaired) electrons. The van der Waals surface area contributed by atoms with Crippen LogP contribution in [0.25, 0.3) is 16.5 Å². The van der Waals surface area contributed by atoms with Crippen molar-refractivity contribution in [2.75, 3.05) is 38.0 Å². The average molecular weight is 512 g/mol. The number of hydrogen-bond acceptors (Lipinski definition) is 6. The lowest BCUT2D eigenvalue weighted by molar-refractivity contribution is 0.102. The number of likely N-dealkylation sites (tertiary alicyclic amines) is 2. The fourth-order valence-corrected chi connectivity index (χ4v) is 5.44. The highest BCUT2D eigenvalue weighted by molar-refractivity contribution is 6.11. The van der Waals surface area contributed by atoms with E-state index in [2.05, 4.69) is 61.1 Å². The molecule has 0 bridgehead atoms. The highest BCUT2D eigenvalue weighted by Gasteiger charge is 2.17. The lowest BCUT2D eigenvalue weighted by atomic mass is 10.0. The van der Waals surface area contributed by atoms with E-state index in [1.165, 1.54) is 32.1 Å². The Morgan fingerprint density at radius 1 is 1.08 bits per heavy atom. The molecule has 2 aliphatic rings. The number of rotatable bonds is 9. The number of allylic oxidation sites excluding steroid dienone is 1. The number of aliphatic imine (C=N–C) groups is 1. The Bertz CT molecular complexity index is 1340. The van der Waals surface area contributed by atoms with Crippen LogP contribution in [-0.4, -0.2) is 70.3 Å². The van der Waals surface area contributed by atoms with Gasteiger partial charge in [0.05, 0.1) is 17.4 Å². The Kier molecular flexibility index (Phi) is 8.41. The molecule has 2 aromatic heterocycles. The summed E-state index contributed by atoms with van der Waals surface area (Å²) in [6, 6.07) is 8.06. The number of aromatic nitrogens is 3. The number of fused-ring (bicyclic) bond motifs is 1. The van der Waals surface area contributed by atoms with Gasteiger partial charge in [-0.15, -0.1) is 0 Å². The number of nitrogens with one attached hydrogen (secondary N) is 2. The van der Waals surface area contributed by atoms with Gasteiger partial charge >= 0.3 is 0 Å². The van der Waals surface area contributed by atoms with Crippen molar-refractivity contribution in [1.82, 2.24) is 25.0 Å². The van der Waals surface area contributed by atoms with E-state index in [9.17, 15) is 4.79 Å².